The van der Waals surface area contributed by atoms with Crippen molar-refractivity contribution >= 4 is 21.6 Å². The molecule has 5 heteroatoms. The summed E-state index contributed by atoms with van der Waals surface area (Å²) in [5, 5.41) is 10.5. The molecule has 64 valence electrons. The van der Waals surface area contributed by atoms with Gasteiger partial charge in [-0.1, -0.05) is 15.9 Å². The first-order valence-corrected chi connectivity index (χ1v) is 3.80. The number of benzene rings is 1. The van der Waals surface area contributed by atoms with Gasteiger partial charge in [0.15, 0.2) is 5.75 Å². The van der Waals surface area contributed by atoms with E-state index in [0.29, 0.717) is 4.47 Å². The first-order chi connectivity index (χ1) is 6.15. The van der Waals surface area contributed by atoms with Gasteiger partial charge in [0.1, 0.15) is 0 Å². The Balaban J connectivity index is 3.10. The zero-order chi connectivity index (χ0) is 9.84. The predicted molar refractivity (Wildman–Crippen MR) is 47.3 cm³/mol. The van der Waals surface area contributed by atoms with Crippen LogP contribution in [0.3, 0.4) is 0 Å². The van der Waals surface area contributed by atoms with Gasteiger partial charge in [0.25, 0.3) is 0 Å². The molecule has 0 spiro atoms. The van der Waals surface area contributed by atoms with Crippen LogP contribution in [-0.4, -0.2) is 12.0 Å². The molecule has 0 aliphatic heterocycles. The number of methoxy groups -OCH3 is 1. The molecule has 0 amide bonds. The first-order valence-electron chi connectivity index (χ1n) is 3.72. The minimum atomic E-state index is -0.544. The second-order valence-electron chi connectivity index (χ2n) is 2.01. The summed E-state index contributed by atoms with van der Waals surface area (Å²) < 4.78 is 12.2. The van der Waals surface area contributed by atoms with Crippen LogP contribution in [-0.2, 0) is 0 Å². The second-order valence-corrected chi connectivity index (χ2v) is 2.93. The number of nitro benzene ring substituents is 1. The van der Waals surface area contributed by atoms with Crippen LogP contribution in [0.2, 0.25) is 0 Å². The molecule has 0 aromatic heterocycles. The van der Waals surface area contributed by atoms with Crippen LogP contribution in [0.5, 0.6) is 5.75 Å². The van der Waals surface area contributed by atoms with E-state index in [1.165, 1.54) is 12.1 Å². The molecule has 0 heterocycles. The highest BCUT2D eigenvalue weighted by Gasteiger charge is 2.13. The van der Waals surface area contributed by atoms with Crippen LogP contribution in [0.15, 0.2) is 22.7 Å². The smallest absolute Gasteiger partial charge is 0.310 e. The Morgan fingerprint density at radius 3 is 3.08 bits per heavy atom. The van der Waals surface area contributed by atoms with E-state index >= 15 is 0 Å². The molecule has 0 aliphatic carbocycles. The molecule has 0 unspecified atom stereocenters. The van der Waals surface area contributed by atoms with E-state index in [9.17, 15) is 10.1 Å². The molecule has 12 heavy (non-hydrogen) atoms. The highest BCUT2D eigenvalue weighted by Crippen LogP contribution is 2.29. The standard InChI is InChI=1S/C7H6BrNO3/c1-12-7-4-5(8)2-3-6(7)9(10)11/h2-4H,1H3/i1D. The third-order valence-electron chi connectivity index (χ3n) is 1.27. The molecule has 0 fully saturated rings. The highest BCUT2D eigenvalue weighted by molar-refractivity contribution is 9.10. The zero-order valence-electron chi connectivity index (χ0n) is 6.99. The molecule has 1 aromatic carbocycles. The first kappa shape index (κ1) is 7.54. The number of rotatable bonds is 2. The fourth-order valence-corrected chi connectivity index (χ4v) is 1.09. The quantitative estimate of drug-likeness (QED) is 0.581. The maximum Gasteiger partial charge on any atom is 0.310 e. The average Bonchev–Trinajstić information content (AvgIpc) is 2.04. The van der Waals surface area contributed by atoms with E-state index in [0.717, 1.165) is 0 Å². The fourth-order valence-electron chi connectivity index (χ4n) is 0.754. The van der Waals surface area contributed by atoms with Gasteiger partial charge in [-0.25, -0.2) is 0 Å². The van der Waals surface area contributed by atoms with Gasteiger partial charge in [0.05, 0.1) is 13.4 Å². The Kier molecular flexibility index (Phi) is 2.22. The third kappa shape index (κ3) is 1.73. The molecule has 0 saturated heterocycles. The van der Waals surface area contributed by atoms with Crippen LogP contribution in [0.4, 0.5) is 5.69 Å². The average molecular weight is 233 g/mol. The van der Waals surface area contributed by atoms with Crippen LogP contribution in [0.1, 0.15) is 1.37 Å². The highest BCUT2D eigenvalue weighted by atomic mass is 79.9. The van der Waals surface area contributed by atoms with Gasteiger partial charge < -0.3 is 4.74 Å². The summed E-state index contributed by atoms with van der Waals surface area (Å²) >= 11 is 3.15. The summed E-state index contributed by atoms with van der Waals surface area (Å²) in [5.41, 5.74) is -0.129. The van der Waals surface area contributed by atoms with Gasteiger partial charge >= 0.3 is 5.69 Å². The lowest BCUT2D eigenvalue weighted by atomic mass is 10.3. The molecule has 0 saturated carbocycles. The van der Waals surface area contributed by atoms with Crippen LogP contribution < -0.4 is 4.74 Å². The predicted octanol–water partition coefficient (Wildman–Crippen LogP) is 2.37. The van der Waals surface area contributed by atoms with Crippen LogP contribution in [0, 0.1) is 10.1 Å². The molecule has 0 aliphatic rings. The van der Waals surface area contributed by atoms with Gasteiger partial charge in [-0.15, -0.1) is 0 Å². The van der Waals surface area contributed by atoms with Gasteiger partial charge in [0.2, 0.25) is 0 Å². The van der Waals surface area contributed by atoms with Crippen molar-refractivity contribution in [2.24, 2.45) is 0 Å². The van der Waals surface area contributed by atoms with Crippen molar-refractivity contribution in [3.63, 3.8) is 0 Å². The van der Waals surface area contributed by atoms with Crippen molar-refractivity contribution in [1.82, 2.24) is 0 Å². The van der Waals surface area contributed by atoms with Crippen molar-refractivity contribution in [3.8, 4) is 5.75 Å². The maximum atomic E-state index is 10.5. The summed E-state index contributed by atoms with van der Waals surface area (Å²) in [5.74, 6) is 0.106. The van der Waals surface area contributed by atoms with Gasteiger partial charge in [-0.05, 0) is 6.07 Å². The molecule has 1 aromatic rings. The summed E-state index contributed by atoms with van der Waals surface area (Å²) in [6.07, 6.45) is 0. The Labute approximate surface area is 78.8 Å². The van der Waals surface area contributed by atoms with Crippen LogP contribution >= 0.6 is 15.9 Å². The Morgan fingerprint density at radius 2 is 2.50 bits per heavy atom. The summed E-state index contributed by atoms with van der Waals surface area (Å²) in [4.78, 5) is 9.91. The van der Waals surface area contributed by atoms with Crippen molar-refractivity contribution in [3.05, 3.63) is 32.8 Å². The monoisotopic (exact) mass is 232 g/mol. The van der Waals surface area contributed by atoms with Gasteiger partial charge in [-0.2, -0.15) is 0 Å². The molecule has 0 bridgehead atoms. The second kappa shape index (κ2) is 3.53. The molecule has 4 nitrogen and oxygen atoms in total. The minimum absolute atomic E-state index is 0.106. The van der Waals surface area contributed by atoms with E-state index in [2.05, 4.69) is 15.9 Å². The summed E-state index contributed by atoms with van der Waals surface area (Å²) in [6, 6.07) is 4.34. The number of nitrogens with zero attached hydrogens (tertiary/aromatic N) is 1. The van der Waals surface area contributed by atoms with E-state index in [4.69, 9.17) is 6.11 Å². The zero-order valence-corrected chi connectivity index (χ0v) is 7.58. The van der Waals surface area contributed by atoms with E-state index < -0.39 is 4.92 Å². The topological polar surface area (TPSA) is 52.4 Å². The summed E-state index contributed by atoms with van der Waals surface area (Å²) in [6.45, 7) is 0. The lowest BCUT2D eigenvalue weighted by Gasteiger charge is -2.00. The number of hydrogen-bond donors (Lipinski definition) is 0. The molecule has 0 radical (unpaired) electrons. The van der Waals surface area contributed by atoms with Gasteiger partial charge in [0, 0.05) is 16.6 Å². The lowest BCUT2D eigenvalue weighted by molar-refractivity contribution is -0.385. The lowest BCUT2D eigenvalue weighted by Crippen LogP contribution is -1.92. The SMILES string of the molecule is [2H]COc1cc(Br)ccc1[N+](=O)[O-]. The fraction of sp³-hybridized carbons (Fsp3) is 0.143. The normalized spacial score (nSPS) is 10.6. The Hall–Kier alpha value is -1.10. The number of ether oxygens (including phenoxy) is 1. The van der Waals surface area contributed by atoms with E-state index in [-0.39, 0.29) is 18.5 Å². The number of halogens is 1. The largest absolute Gasteiger partial charge is 0.490 e. The molecular weight excluding hydrogens is 226 g/mol. The molecular formula is C7H6BrNO3. The summed E-state index contributed by atoms with van der Waals surface area (Å²) in [7, 11) is -0.336. The van der Waals surface area contributed by atoms with E-state index in [1.807, 2.05) is 0 Å². The number of nitro groups is 1. The minimum Gasteiger partial charge on any atom is -0.490 e. The number of hydrogen-bond acceptors (Lipinski definition) is 3. The van der Waals surface area contributed by atoms with Crippen molar-refractivity contribution in [1.29, 1.82) is 0 Å². The maximum absolute atomic E-state index is 10.5. The van der Waals surface area contributed by atoms with Crippen molar-refractivity contribution in [2.45, 2.75) is 0 Å². The Bertz CT molecular complexity index is 332. The molecule has 1 rings (SSSR count). The van der Waals surface area contributed by atoms with Crippen molar-refractivity contribution < 1.29 is 11.0 Å². The van der Waals surface area contributed by atoms with Crippen LogP contribution in [0.25, 0.3) is 0 Å². The Morgan fingerprint density at radius 1 is 1.75 bits per heavy atom. The van der Waals surface area contributed by atoms with Crippen molar-refractivity contribution in [2.75, 3.05) is 7.09 Å². The molecule has 0 N–H and O–H groups in total. The molecule has 0 atom stereocenters. The van der Waals surface area contributed by atoms with Gasteiger partial charge in [-0.3, -0.25) is 10.1 Å². The van der Waals surface area contributed by atoms with E-state index in [1.54, 1.807) is 6.07 Å². The third-order valence-corrected chi connectivity index (χ3v) is 1.77.